The highest BCUT2D eigenvalue weighted by Gasteiger charge is 2.30. The van der Waals surface area contributed by atoms with E-state index in [1.54, 1.807) is 0 Å². The lowest BCUT2D eigenvalue weighted by atomic mass is 10.0. The summed E-state index contributed by atoms with van der Waals surface area (Å²) in [6, 6.07) is 0. The van der Waals surface area contributed by atoms with E-state index in [4.69, 9.17) is 23.2 Å². The zero-order chi connectivity index (χ0) is 19.4. The van der Waals surface area contributed by atoms with Gasteiger partial charge in [0.1, 0.15) is 0 Å². The minimum Gasteiger partial charge on any atom is -0.218 e. The fourth-order valence-corrected chi connectivity index (χ4v) is 6.37. The van der Waals surface area contributed by atoms with Gasteiger partial charge in [-0.1, -0.05) is 23.2 Å². The molecule has 2 rings (SSSR count). The highest BCUT2D eigenvalue weighted by atomic mass is 35.5. The molecule has 0 amide bonds. The van der Waals surface area contributed by atoms with Crippen molar-refractivity contribution in [1.29, 1.82) is 0 Å². The SMILES string of the molecule is Cc1c(C)c(S(=O)(=O)c2c(C)c(C)c(Cl)c(C)c2C)c(C)c(C)c1Cl. The molecule has 25 heavy (non-hydrogen) atoms. The van der Waals surface area contributed by atoms with Crippen LogP contribution in [0.2, 0.25) is 10.0 Å². The predicted octanol–water partition coefficient (Wildman–Crippen LogP) is 6.29. The molecule has 0 unspecified atom stereocenters. The molecule has 0 aliphatic rings. The summed E-state index contributed by atoms with van der Waals surface area (Å²) in [5.74, 6) is 0. The molecule has 0 saturated heterocycles. The predicted molar refractivity (Wildman–Crippen MR) is 106 cm³/mol. The van der Waals surface area contributed by atoms with Crippen molar-refractivity contribution in [2.75, 3.05) is 0 Å². The topological polar surface area (TPSA) is 34.1 Å². The molecule has 5 heteroatoms. The summed E-state index contributed by atoms with van der Waals surface area (Å²) >= 11 is 12.8. The van der Waals surface area contributed by atoms with Gasteiger partial charge in [-0.15, -0.1) is 0 Å². The summed E-state index contributed by atoms with van der Waals surface area (Å²) in [6.07, 6.45) is 0. The van der Waals surface area contributed by atoms with Crippen molar-refractivity contribution >= 4 is 33.0 Å². The normalized spacial score (nSPS) is 11.9. The molecule has 0 radical (unpaired) electrons. The second-order valence-corrected chi connectivity index (χ2v) is 9.37. The molecular formula is C20H24Cl2O2S. The minimum atomic E-state index is -3.70. The maximum Gasteiger partial charge on any atom is 0.207 e. The van der Waals surface area contributed by atoms with Crippen LogP contribution in [0.4, 0.5) is 0 Å². The van der Waals surface area contributed by atoms with Crippen LogP contribution in [-0.4, -0.2) is 8.42 Å². The molecule has 0 aliphatic heterocycles. The van der Waals surface area contributed by atoms with Crippen LogP contribution in [0.3, 0.4) is 0 Å². The molecule has 2 nitrogen and oxygen atoms in total. The van der Waals surface area contributed by atoms with Crippen LogP contribution >= 0.6 is 23.2 Å². The molecule has 0 N–H and O–H groups in total. The third-order valence-corrected chi connectivity index (χ3v) is 8.90. The van der Waals surface area contributed by atoms with Crippen LogP contribution < -0.4 is 0 Å². The van der Waals surface area contributed by atoms with E-state index in [1.165, 1.54) is 0 Å². The van der Waals surface area contributed by atoms with Crippen molar-refractivity contribution in [1.82, 2.24) is 0 Å². The summed E-state index contributed by atoms with van der Waals surface area (Å²) in [4.78, 5) is 0.721. The van der Waals surface area contributed by atoms with E-state index in [-0.39, 0.29) is 0 Å². The quantitative estimate of drug-likeness (QED) is 0.594. The summed E-state index contributed by atoms with van der Waals surface area (Å²) in [5.41, 5.74) is 6.05. The summed E-state index contributed by atoms with van der Waals surface area (Å²) < 4.78 is 27.3. The molecule has 2 aromatic carbocycles. The fraction of sp³-hybridized carbons (Fsp3) is 0.400. The Morgan fingerprint density at radius 1 is 0.480 bits per heavy atom. The highest BCUT2D eigenvalue weighted by Crippen LogP contribution is 2.40. The maximum atomic E-state index is 13.7. The van der Waals surface area contributed by atoms with Crippen molar-refractivity contribution < 1.29 is 8.42 Å². The lowest BCUT2D eigenvalue weighted by Crippen LogP contribution is -2.14. The molecule has 0 fully saturated rings. The summed E-state index contributed by atoms with van der Waals surface area (Å²) in [7, 11) is -3.70. The molecule has 0 spiro atoms. The Bertz CT molecular complexity index is 870. The molecule has 0 aromatic heterocycles. The van der Waals surface area contributed by atoms with Gasteiger partial charge in [0.15, 0.2) is 0 Å². The zero-order valence-electron chi connectivity index (χ0n) is 16.0. The lowest BCUT2D eigenvalue weighted by molar-refractivity contribution is 0.593. The number of hydrogen-bond acceptors (Lipinski definition) is 2. The van der Waals surface area contributed by atoms with Gasteiger partial charge in [-0.25, -0.2) is 8.42 Å². The van der Waals surface area contributed by atoms with E-state index in [1.807, 2.05) is 55.4 Å². The van der Waals surface area contributed by atoms with Crippen molar-refractivity contribution in [3.05, 3.63) is 54.6 Å². The molecule has 0 saturated carbocycles. The van der Waals surface area contributed by atoms with E-state index < -0.39 is 9.84 Å². The molecule has 2 aromatic rings. The molecule has 0 atom stereocenters. The number of sulfone groups is 1. The average Bonchev–Trinajstić information content (AvgIpc) is 2.54. The third-order valence-electron chi connectivity index (χ3n) is 5.47. The number of benzene rings is 2. The minimum absolute atomic E-state index is 0.360. The number of rotatable bonds is 2. The van der Waals surface area contributed by atoms with Crippen molar-refractivity contribution in [2.24, 2.45) is 0 Å². The Morgan fingerprint density at radius 2 is 0.680 bits per heavy atom. The van der Waals surface area contributed by atoms with Gasteiger partial charge in [0.25, 0.3) is 0 Å². The van der Waals surface area contributed by atoms with Gasteiger partial charge in [-0.05, 0) is 99.9 Å². The Hall–Kier alpha value is -1.03. The standard InChI is InChI=1S/C20H24Cl2O2S/c1-9-13(5)19(14(6)10(2)17(9)21)25(23,24)20-15(7)11(3)18(22)12(4)16(20)8/h1-8H3. The van der Waals surface area contributed by atoms with Gasteiger partial charge in [0.05, 0.1) is 9.79 Å². The van der Waals surface area contributed by atoms with Gasteiger partial charge in [0.2, 0.25) is 9.84 Å². The second kappa shape index (κ2) is 6.61. The molecule has 136 valence electrons. The van der Waals surface area contributed by atoms with E-state index in [0.717, 1.165) is 22.3 Å². The molecular weight excluding hydrogens is 375 g/mol. The first-order valence-corrected chi connectivity index (χ1v) is 10.4. The zero-order valence-corrected chi connectivity index (χ0v) is 18.3. The van der Waals surface area contributed by atoms with Crippen LogP contribution in [0.15, 0.2) is 9.79 Å². The van der Waals surface area contributed by atoms with Crippen LogP contribution in [0.1, 0.15) is 44.5 Å². The number of hydrogen-bond donors (Lipinski definition) is 0. The lowest BCUT2D eigenvalue weighted by Gasteiger charge is -2.22. The maximum absolute atomic E-state index is 13.7. The van der Waals surface area contributed by atoms with Crippen LogP contribution in [0.5, 0.6) is 0 Å². The van der Waals surface area contributed by atoms with E-state index in [2.05, 4.69) is 0 Å². The first kappa shape index (κ1) is 20.3. The first-order chi connectivity index (χ1) is 11.4. The number of halogens is 2. The van der Waals surface area contributed by atoms with Crippen molar-refractivity contribution in [3.8, 4) is 0 Å². The summed E-state index contributed by atoms with van der Waals surface area (Å²) in [6.45, 7) is 14.7. The van der Waals surface area contributed by atoms with Crippen LogP contribution in [0, 0.1) is 55.4 Å². The van der Waals surface area contributed by atoms with Crippen LogP contribution in [0.25, 0.3) is 0 Å². The Balaban J connectivity index is 3.02. The van der Waals surface area contributed by atoms with E-state index >= 15 is 0 Å². The largest absolute Gasteiger partial charge is 0.218 e. The Kier molecular flexibility index (Phi) is 5.36. The molecule has 0 aliphatic carbocycles. The molecule has 0 bridgehead atoms. The highest BCUT2D eigenvalue weighted by molar-refractivity contribution is 7.91. The summed E-state index contributed by atoms with van der Waals surface area (Å²) in [5, 5.41) is 1.26. The van der Waals surface area contributed by atoms with Crippen LogP contribution in [-0.2, 0) is 9.84 Å². The van der Waals surface area contributed by atoms with Crippen molar-refractivity contribution in [2.45, 2.75) is 65.2 Å². The van der Waals surface area contributed by atoms with Gasteiger partial charge < -0.3 is 0 Å². The van der Waals surface area contributed by atoms with E-state index in [9.17, 15) is 8.42 Å². The van der Waals surface area contributed by atoms with Gasteiger partial charge in [0, 0.05) is 10.0 Å². The average molecular weight is 399 g/mol. The van der Waals surface area contributed by atoms with Crippen molar-refractivity contribution in [3.63, 3.8) is 0 Å². The van der Waals surface area contributed by atoms with Gasteiger partial charge in [-0.2, -0.15) is 0 Å². The third kappa shape index (κ3) is 2.90. The van der Waals surface area contributed by atoms with Gasteiger partial charge in [-0.3, -0.25) is 0 Å². The molecule has 0 heterocycles. The monoisotopic (exact) mass is 398 g/mol. The Morgan fingerprint density at radius 3 is 0.880 bits per heavy atom. The fourth-order valence-electron chi connectivity index (χ4n) is 3.37. The van der Waals surface area contributed by atoms with Gasteiger partial charge >= 0.3 is 0 Å². The first-order valence-electron chi connectivity index (χ1n) is 8.12. The van der Waals surface area contributed by atoms with E-state index in [0.29, 0.717) is 42.1 Å². The smallest absolute Gasteiger partial charge is 0.207 e. The second-order valence-electron chi connectivity index (χ2n) is 6.79. The Labute approximate surface area is 161 Å².